The third kappa shape index (κ3) is 3.31. The van der Waals surface area contributed by atoms with E-state index in [0.717, 1.165) is 33.5 Å². The van der Waals surface area contributed by atoms with Crippen molar-refractivity contribution in [2.45, 2.75) is 11.8 Å². The minimum atomic E-state index is -0.268. The Morgan fingerprint density at radius 2 is 1.62 bits per heavy atom. The number of hydrogen-bond acceptors (Lipinski definition) is 2. The topological polar surface area (TPSA) is 18.5 Å². The first-order valence-corrected chi connectivity index (χ1v) is 8.24. The average molecular weight is 388 g/mol. The van der Waals surface area contributed by atoms with E-state index in [1.54, 1.807) is 0 Å². The molecule has 21 heavy (non-hydrogen) atoms. The highest BCUT2D eigenvalue weighted by molar-refractivity contribution is 9.10. The lowest BCUT2D eigenvalue weighted by Gasteiger charge is -2.14. The minimum Gasteiger partial charge on any atom is -0.490 e. The molecule has 0 bridgehead atoms. The van der Waals surface area contributed by atoms with Crippen molar-refractivity contribution in [3.63, 3.8) is 0 Å². The van der Waals surface area contributed by atoms with Crippen LogP contribution in [0.4, 0.5) is 0 Å². The van der Waals surface area contributed by atoms with Crippen LogP contribution in [0.2, 0.25) is 5.02 Å². The third-order valence-electron chi connectivity index (χ3n) is 3.30. The number of rotatable bonds is 2. The number of ether oxygens (including phenoxy) is 2. The van der Waals surface area contributed by atoms with Crippen molar-refractivity contribution in [1.82, 2.24) is 0 Å². The summed E-state index contributed by atoms with van der Waals surface area (Å²) in [6, 6.07) is 11.5. The fourth-order valence-electron chi connectivity index (χ4n) is 2.20. The molecule has 5 heteroatoms. The van der Waals surface area contributed by atoms with Gasteiger partial charge in [-0.05, 0) is 51.3 Å². The van der Waals surface area contributed by atoms with E-state index in [4.69, 9.17) is 32.7 Å². The van der Waals surface area contributed by atoms with Gasteiger partial charge in [-0.1, -0.05) is 23.7 Å². The second-order valence-corrected chi connectivity index (χ2v) is 6.49. The van der Waals surface area contributed by atoms with Gasteiger partial charge in [-0.3, -0.25) is 0 Å². The van der Waals surface area contributed by atoms with E-state index < -0.39 is 0 Å². The second kappa shape index (κ2) is 6.47. The summed E-state index contributed by atoms with van der Waals surface area (Å²) in [5, 5.41) is 0.400. The molecular formula is C16H13BrCl2O2. The van der Waals surface area contributed by atoms with Gasteiger partial charge in [-0.25, -0.2) is 0 Å². The Kier molecular flexibility index (Phi) is 4.63. The molecule has 110 valence electrons. The van der Waals surface area contributed by atoms with Gasteiger partial charge in [0.1, 0.15) is 0 Å². The summed E-state index contributed by atoms with van der Waals surface area (Å²) < 4.78 is 12.2. The van der Waals surface area contributed by atoms with Gasteiger partial charge in [-0.2, -0.15) is 0 Å². The Labute approximate surface area is 142 Å². The molecule has 0 amide bonds. The van der Waals surface area contributed by atoms with E-state index in [2.05, 4.69) is 15.9 Å². The lowest BCUT2D eigenvalue weighted by atomic mass is 10.0. The molecule has 1 unspecified atom stereocenters. The third-order valence-corrected chi connectivity index (χ3v) is 5.02. The van der Waals surface area contributed by atoms with Crippen molar-refractivity contribution >= 4 is 39.1 Å². The van der Waals surface area contributed by atoms with E-state index in [1.807, 2.05) is 36.4 Å². The lowest BCUT2D eigenvalue weighted by Crippen LogP contribution is -1.97. The van der Waals surface area contributed by atoms with Crippen LogP contribution in [0.25, 0.3) is 0 Å². The summed E-state index contributed by atoms with van der Waals surface area (Å²) in [5.74, 6) is 1.53. The summed E-state index contributed by atoms with van der Waals surface area (Å²) in [6.45, 7) is 1.34. The summed E-state index contributed by atoms with van der Waals surface area (Å²) in [5.41, 5.74) is 1.94. The van der Waals surface area contributed by atoms with Crippen molar-refractivity contribution in [3.05, 3.63) is 57.0 Å². The summed E-state index contributed by atoms with van der Waals surface area (Å²) in [7, 11) is 0. The maximum Gasteiger partial charge on any atom is 0.161 e. The molecule has 0 radical (unpaired) electrons. The largest absolute Gasteiger partial charge is 0.490 e. The van der Waals surface area contributed by atoms with Crippen molar-refractivity contribution in [3.8, 4) is 11.5 Å². The zero-order valence-corrected chi connectivity index (χ0v) is 14.2. The molecule has 1 heterocycles. The fourth-order valence-corrected chi connectivity index (χ4v) is 2.99. The molecule has 0 fully saturated rings. The van der Waals surface area contributed by atoms with Crippen molar-refractivity contribution in [1.29, 1.82) is 0 Å². The van der Waals surface area contributed by atoms with Crippen LogP contribution in [-0.2, 0) is 0 Å². The predicted molar refractivity (Wildman–Crippen MR) is 88.9 cm³/mol. The second-order valence-electron chi connectivity index (χ2n) is 4.79. The van der Waals surface area contributed by atoms with E-state index in [-0.39, 0.29) is 5.38 Å². The minimum absolute atomic E-state index is 0.268. The molecule has 0 saturated carbocycles. The Balaban J connectivity index is 1.92. The first kappa shape index (κ1) is 15.0. The zero-order chi connectivity index (χ0) is 14.8. The molecule has 2 aromatic carbocycles. The van der Waals surface area contributed by atoms with Gasteiger partial charge in [0, 0.05) is 10.9 Å². The molecule has 2 nitrogen and oxygen atoms in total. The molecule has 1 aliphatic heterocycles. The molecule has 1 aliphatic rings. The molecule has 0 N–H and O–H groups in total. The van der Waals surface area contributed by atoms with Gasteiger partial charge in [0.25, 0.3) is 0 Å². The van der Waals surface area contributed by atoms with Crippen molar-refractivity contribution in [2.75, 3.05) is 13.2 Å². The normalized spacial score (nSPS) is 15.4. The first-order chi connectivity index (χ1) is 10.1. The Bertz CT molecular complexity index is 661. The Morgan fingerprint density at radius 1 is 0.952 bits per heavy atom. The van der Waals surface area contributed by atoms with Gasteiger partial charge in [-0.15, -0.1) is 11.6 Å². The highest BCUT2D eigenvalue weighted by Crippen LogP contribution is 2.38. The van der Waals surface area contributed by atoms with Crippen LogP contribution in [0.1, 0.15) is 22.9 Å². The molecule has 0 saturated heterocycles. The molecule has 0 aromatic heterocycles. The summed E-state index contributed by atoms with van der Waals surface area (Å²) in [6.07, 6.45) is 0.887. The van der Waals surface area contributed by atoms with Gasteiger partial charge in [0.15, 0.2) is 11.5 Å². The van der Waals surface area contributed by atoms with E-state index in [0.29, 0.717) is 18.2 Å². The van der Waals surface area contributed by atoms with Crippen LogP contribution in [0.15, 0.2) is 40.9 Å². The van der Waals surface area contributed by atoms with Crippen molar-refractivity contribution < 1.29 is 9.47 Å². The number of alkyl halides is 1. The SMILES string of the molecule is Clc1ccc(C(Cl)c2ccc3c(c2)OCCCO3)cc1Br. The summed E-state index contributed by atoms with van der Waals surface area (Å²) >= 11 is 16.0. The van der Waals surface area contributed by atoms with Gasteiger partial charge in [0.2, 0.25) is 0 Å². The molecular weight excluding hydrogens is 375 g/mol. The van der Waals surface area contributed by atoms with Crippen LogP contribution in [0.3, 0.4) is 0 Å². The molecule has 3 rings (SSSR count). The maximum absolute atomic E-state index is 6.58. The molecule has 1 atom stereocenters. The van der Waals surface area contributed by atoms with Gasteiger partial charge in [0.05, 0.1) is 23.6 Å². The highest BCUT2D eigenvalue weighted by Gasteiger charge is 2.16. The number of hydrogen-bond donors (Lipinski definition) is 0. The Hall–Kier alpha value is -0.900. The standard InChI is InChI=1S/C16H13BrCl2O2/c17-12-8-10(2-4-13(12)18)16(19)11-3-5-14-15(9-11)21-7-1-6-20-14/h2-5,8-9,16H,1,6-7H2. The molecule has 0 aliphatic carbocycles. The fraction of sp³-hybridized carbons (Fsp3) is 0.250. The zero-order valence-electron chi connectivity index (χ0n) is 11.1. The average Bonchev–Trinajstić information content (AvgIpc) is 2.73. The lowest BCUT2D eigenvalue weighted by molar-refractivity contribution is 0.297. The quantitative estimate of drug-likeness (QED) is 0.625. The van der Waals surface area contributed by atoms with Crippen LogP contribution in [0.5, 0.6) is 11.5 Å². The van der Waals surface area contributed by atoms with Crippen molar-refractivity contribution in [2.24, 2.45) is 0 Å². The predicted octanol–water partition coefficient (Wildman–Crippen LogP) is 5.59. The monoisotopic (exact) mass is 386 g/mol. The number of benzene rings is 2. The van der Waals surface area contributed by atoms with Crippen LogP contribution in [0, 0.1) is 0 Å². The highest BCUT2D eigenvalue weighted by atomic mass is 79.9. The van der Waals surface area contributed by atoms with Gasteiger partial charge >= 0.3 is 0 Å². The van der Waals surface area contributed by atoms with E-state index in [1.165, 1.54) is 0 Å². The smallest absolute Gasteiger partial charge is 0.161 e. The Morgan fingerprint density at radius 3 is 2.38 bits per heavy atom. The van der Waals surface area contributed by atoms with E-state index >= 15 is 0 Å². The number of halogens is 3. The van der Waals surface area contributed by atoms with E-state index in [9.17, 15) is 0 Å². The number of fused-ring (bicyclic) bond motifs is 1. The summed E-state index contributed by atoms with van der Waals surface area (Å²) in [4.78, 5) is 0. The van der Waals surface area contributed by atoms with Crippen LogP contribution < -0.4 is 9.47 Å². The maximum atomic E-state index is 6.58. The molecule has 0 spiro atoms. The van der Waals surface area contributed by atoms with Gasteiger partial charge < -0.3 is 9.47 Å². The first-order valence-electron chi connectivity index (χ1n) is 6.64. The molecule has 2 aromatic rings. The van der Waals surface area contributed by atoms with Crippen LogP contribution >= 0.6 is 39.1 Å². The van der Waals surface area contributed by atoms with Crippen LogP contribution in [-0.4, -0.2) is 13.2 Å².